The molecule has 2 saturated heterocycles. The van der Waals surface area contributed by atoms with Crippen LogP contribution in [0.15, 0.2) is 89.3 Å². The zero-order chi connectivity index (χ0) is 25.0. The van der Waals surface area contributed by atoms with Crippen LogP contribution < -0.4 is 9.96 Å². The third-order valence-electron chi connectivity index (χ3n) is 6.32. The fourth-order valence-corrected chi connectivity index (χ4v) is 5.07. The van der Waals surface area contributed by atoms with Crippen molar-refractivity contribution >= 4 is 46.4 Å². The van der Waals surface area contributed by atoms with E-state index in [1.54, 1.807) is 30.3 Å². The summed E-state index contributed by atoms with van der Waals surface area (Å²) < 4.78 is 19.7. The van der Waals surface area contributed by atoms with Gasteiger partial charge in [0.1, 0.15) is 29.3 Å². The van der Waals surface area contributed by atoms with E-state index < -0.39 is 35.7 Å². The van der Waals surface area contributed by atoms with E-state index in [0.29, 0.717) is 32.8 Å². The minimum atomic E-state index is -1.07. The number of hydrogen-bond donors (Lipinski definition) is 0. The van der Waals surface area contributed by atoms with E-state index in [2.05, 4.69) is 0 Å². The number of nitrogens with zero attached hydrogens (tertiary/aromatic N) is 2. The molecular formula is C27H17Cl2FN2O4. The molecule has 6 nitrogen and oxygen atoms in total. The van der Waals surface area contributed by atoms with E-state index in [1.807, 2.05) is 30.3 Å². The summed E-state index contributed by atoms with van der Waals surface area (Å²) in [7, 11) is 0. The minimum absolute atomic E-state index is 0.278. The number of carbonyl (C=O) groups is 2. The number of imide groups is 1. The third-order valence-corrected chi connectivity index (χ3v) is 6.89. The number of carbonyl (C=O) groups excluding carboxylic acids is 2. The Morgan fingerprint density at radius 3 is 2.31 bits per heavy atom. The summed E-state index contributed by atoms with van der Waals surface area (Å²) >= 11 is 12.5. The first-order chi connectivity index (χ1) is 17.4. The van der Waals surface area contributed by atoms with Crippen molar-refractivity contribution in [2.75, 3.05) is 9.96 Å². The molecule has 0 saturated carbocycles. The van der Waals surface area contributed by atoms with Gasteiger partial charge in [0.15, 0.2) is 6.10 Å². The van der Waals surface area contributed by atoms with Gasteiger partial charge in [0.2, 0.25) is 5.91 Å². The number of anilines is 2. The first kappa shape index (κ1) is 22.8. The summed E-state index contributed by atoms with van der Waals surface area (Å²) in [4.78, 5) is 34.1. The molecule has 0 bridgehead atoms. The molecule has 2 aliphatic heterocycles. The molecule has 0 N–H and O–H groups in total. The van der Waals surface area contributed by atoms with E-state index in [1.165, 1.54) is 29.3 Å². The highest BCUT2D eigenvalue weighted by Crippen LogP contribution is 2.48. The second kappa shape index (κ2) is 8.78. The number of fused-ring (bicyclic) bond motifs is 1. The maximum Gasteiger partial charge on any atom is 0.266 e. The van der Waals surface area contributed by atoms with Crippen molar-refractivity contribution in [1.82, 2.24) is 0 Å². The van der Waals surface area contributed by atoms with Crippen LogP contribution in [0.5, 0.6) is 0 Å². The maximum atomic E-state index is 13.6. The first-order valence-corrected chi connectivity index (χ1v) is 11.9. The molecule has 2 amide bonds. The molecule has 0 unspecified atom stereocenters. The lowest BCUT2D eigenvalue weighted by Crippen LogP contribution is -2.37. The normalized spacial score (nSPS) is 21.4. The predicted octanol–water partition coefficient (Wildman–Crippen LogP) is 6.44. The molecule has 2 fully saturated rings. The van der Waals surface area contributed by atoms with Gasteiger partial charge < -0.3 is 4.42 Å². The summed E-state index contributed by atoms with van der Waals surface area (Å²) in [5.74, 6) is -1.47. The SMILES string of the molecule is O=C1[C@H]2[C@@H](ON(c3ccccc3)[C@H]2c2ccc(-c3cc(Cl)ccc3Cl)o2)C(=O)N1c1ccc(F)cc1. The molecule has 0 radical (unpaired) electrons. The monoisotopic (exact) mass is 522 g/mol. The number of para-hydroxylation sites is 1. The Morgan fingerprint density at radius 2 is 1.56 bits per heavy atom. The van der Waals surface area contributed by atoms with Crippen LogP contribution in [-0.4, -0.2) is 17.9 Å². The van der Waals surface area contributed by atoms with Gasteiger partial charge in [0.25, 0.3) is 5.91 Å². The Morgan fingerprint density at radius 1 is 0.806 bits per heavy atom. The van der Waals surface area contributed by atoms with Gasteiger partial charge in [0.05, 0.1) is 16.4 Å². The Hall–Kier alpha value is -3.65. The van der Waals surface area contributed by atoms with Gasteiger partial charge in [-0.25, -0.2) is 14.4 Å². The van der Waals surface area contributed by atoms with Crippen LogP contribution in [0.2, 0.25) is 10.0 Å². The summed E-state index contributed by atoms with van der Waals surface area (Å²) in [6.45, 7) is 0. The lowest BCUT2D eigenvalue weighted by atomic mass is 9.94. The van der Waals surface area contributed by atoms with Crippen LogP contribution in [0.1, 0.15) is 11.8 Å². The third kappa shape index (κ3) is 3.67. The van der Waals surface area contributed by atoms with Crippen molar-refractivity contribution in [2.24, 2.45) is 5.92 Å². The van der Waals surface area contributed by atoms with Crippen LogP contribution in [0.25, 0.3) is 11.3 Å². The highest BCUT2D eigenvalue weighted by molar-refractivity contribution is 6.35. The van der Waals surface area contributed by atoms with Crippen LogP contribution in [-0.2, 0) is 14.4 Å². The second-order valence-electron chi connectivity index (χ2n) is 8.47. The van der Waals surface area contributed by atoms with Crippen molar-refractivity contribution in [3.8, 4) is 11.3 Å². The maximum absolute atomic E-state index is 13.6. The van der Waals surface area contributed by atoms with Gasteiger partial charge in [-0.15, -0.1) is 0 Å². The Bertz CT molecular complexity index is 1470. The summed E-state index contributed by atoms with van der Waals surface area (Å²) in [6, 6.07) is 22.1. The minimum Gasteiger partial charge on any atom is -0.459 e. The molecule has 4 aromatic rings. The molecule has 3 heterocycles. The molecular weight excluding hydrogens is 506 g/mol. The van der Waals surface area contributed by atoms with Crippen molar-refractivity contribution in [2.45, 2.75) is 12.1 Å². The lowest BCUT2D eigenvalue weighted by molar-refractivity contribution is -0.126. The topological polar surface area (TPSA) is 63.0 Å². The largest absolute Gasteiger partial charge is 0.459 e. The number of amides is 2. The Labute approximate surface area is 215 Å². The molecule has 0 spiro atoms. The average Bonchev–Trinajstić information content (AvgIpc) is 3.57. The molecule has 3 atom stereocenters. The standard InChI is InChI=1S/C27H17Cl2FN2O4/c28-15-6-11-20(29)19(14-15)21-12-13-22(35-21)24-23-25(36-32(24)18-4-2-1-3-5-18)27(34)31(26(23)33)17-9-7-16(30)8-10-17/h1-14,23-25H/t23-,24+,25-/m1/s1. The lowest BCUT2D eigenvalue weighted by Gasteiger charge is -2.27. The van der Waals surface area contributed by atoms with Crippen LogP contribution in [0, 0.1) is 11.7 Å². The number of benzene rings is 3. The molecule has 0 aliphatic carbocycles. The molecule has 9 heteroatoms. The fraction of sp³-hybridized carbons (Fsp3) is 0.111. The van der Waals surface area contributed by atoms with Gasteiger partial charge in [-0.1, -0.05) is 41.4 Å². The van der Waals surface area contributed by atoms with Crippen molar-refractivity contribution < 1.29 is 23.2 Å². The van der Waals surface area contributed by atoms with E-state index in [-0.39, 0.29) is 5.69 Å². The average molecular weight is 523 g/mol. The van der Waals surface area contributed by atoms with Crippen LogP contribution in [0.4, 0.5) is 15.8 Å². The van der Waals surface area contributed by atoms with Gasteiger partial charge in [0, 0.05) is 10.6 Å². The number of rotatable bonds is 4. The number of hydrogen-bond acceptors (Lipinski definition) is 5. The predicted molar refractivity (Wildman–Crippen MR) is 133 cm³/mol. The second-order valence-corrected chi connectivity index (χ2v) is 9.32. The summed E-state index contributed by atoms with van der Waals surface area (Å²) in [5.41, 5.74) is 1.53. The zero-order valence-electron chi connectivity index (χ0n) is 18.5. The molecule has 1 aromatic heterocycles. The molecule has 180 valence electrons. The highest BCUT2D eigenvalue weighted by atomic mass is 35.5. The number of hydroxylamine groups is 1. The molecule has 3 aromatic carbocycles. The molecule has 36 heavy (non-hydrogen) atoms. The van der Waals surface area contributed by atoms with Gasteiger partial charge in [-0.05, 0) is 66.7 Å². The van der Waals surface area contributed by atoms with Gasteiger partial charge in [-0.2, -0.15) is 0 Å². The summed E-state index contributed by atoms with van der Waals surface area (Å²) in [6.07, 6.45) is -1.07. The van der Waals surface area contributed by atoms with E-state index in [0.717, 1.165) is 4.90 Å². The smallest absolute Gasteiger partial charge is 0.266 e. The zero-order valence-corrected chi connectivity index (χ0v) is 20.0. The van der Waals surface area contributed by atoms with Crippen LogP contribution >= 0.6 is 23.2 Å². The quantitative estimate of drug-likeness (QED) is 0.288. The first-order valence-electron chi connectivity index (χ1n) is 11.1. The van der Waals surface area contributed by atoms with Crippen molar-refractivity contribution in [3.63, 3.8) is 0 Å². The van der Waals surface area contributed by atoms with E-state index in [4.69, 9.17) is 32.5 Å². The number of furan rings is 1. The van der Waals surface area contributed by atoms with Gasteiger partial charge >= 0.3 is 0 Å². The summed E-state index contributed by atoms with van der Waals surface area (Å²) in [5, 5.41) is 2.49. The van der Waals surface area contributed by atoms with Crippen molar-refractivity contribution in [1.29, 1.82) is 0 Å². The van der Waals surface area contributed by atoms with Crippen molar-refractivity contribution in [3.05, 3.63) is 107 Å². The Balaban J connectivity index is 1.43. The fourth-order valence-electron chi connectivity index (χ4n) is 4.69. The molecule has 2 aliphatic rings. The van der Waals surface area contributed by atoms with Crippen LogP contribution in [0.3, 0.4) is 0 Å². The highest BCUT2D eigenvalue weighted by Gasteiger charge is 2.61. The van der Waals surface area contributed by atoms with E-state index >= 15 is 0 Å². The molecule has 6 rings (SSSR count). The Kier molecular flexibility index (Phi) is 5.56. The van der Waals surface area contributed by atoms with E-state index in [9.17, 15) is 14.0 Å². The van der Waals surface area contributed by atoms with Gasteiger partial charge in [-0.3, -0.25) is 14.4 Å². The number of halogens is 3.